The van der Waals surface area contributed by atoms with Crippen LogP contribution < -0.4 is 9.75 Å². The summed E-state index contributed by atoms with van der Waals surface area (Å²) in [5.41, 5.74) is 3.01. The van der Waals surface area contributed by atoms with Crippen LogP contribution in [0.15, 0.2) is 71.8 Å². The average Bonchev–Trinajstić information content (AvgIpc) is 3.17. The third kappa shape index (κ3) is 4.21. The Bertz CT molecular complexity index is 1220. The van der Waals surface area contributed by atoms with Gasteiger partial charge in [0.05, 0.1) is 23.5 Å². The SMILES string of the molecule is COc1ccc(/C=N/N(C(=O)c2ccc(F)cc2)c2nc3ccc(C)cc3s2)cc1. The zero-order valence-corrected chi connectivity index (χ0v) is 17.2. The van der Waals surface area contributed by atoms with Gasteiger partial charge in [0.15, 0.2) is 0 Å². The number of rotatable bonds is 5. The number of thiazole rings is 1. The van der Waals surface area contributed by atoms with Gasteiger partial charge in [0.25, 0.3) is 5.91 Å². The van der Waals surface area contributed by atoms with E-state index in [9.17, 15) is 9.18 Å². The largest absolute Gasteiger partial charge is 0.497 e. The predicted molar refractivity (Wildman–Crippen MR) is 118 cm³/mol. The third-order valence-electron chi connectivity index (χ3n) is 4.44. The van der Waals surface area contributed by atoms with Crippen molar-refractivity contribution in [2.75, 3.05) is 12.1 Å². The van der Waals surface area contributed by atoms with Gasteiger partial charge in [0.1, 0.15) is 11.6 Å². The molecule has 0 N–H and O–H groups in total. The van der Waals surface area contributed by atoms with Gasteiger partial charge in [-0.3, -0.25) is 4.79 Å². The van der Waals surface area contributed by atoms with E-state index in [4.69, 9.17) is 4.74 Å². The van der Waals surface area contributed by atoms with Crippen molar-refractivity contribution in [3.63, 3.8) is 0 Å². The van der Waals surface area contributed by atoms with Crippen LogP contribution in [0.1, 0.15) is 21.5 Å². The molecule has 0 aliphatic carbocycles. The molecule has 150 valence electrons. The molecule has 0 radical (unpaired) electrons. The monoisotopic (exact) mass is 419 g/mol. The first-order valence-corrected chi connectivity index (χ1v) is 10.0. The highest BCUT2D eigenvalue weighted by Crippen LogP contribution is 2.30. The standard InChI is InChI=1S/C23H18FN3O2S/c1-15-3-12-20-21(13-15)30-23(26-20)27(22(28)17-6-8-18(24)9-7-17)25-14-16-4-10-19(29-2)11-5-16/h3-14H,1-2H3/b25-14+. The molecule has 1 heterocycles. The van der Waals surface area contributed by atoms with E-state index in [1.165, 1.54) is 40.6 Å². The molecule has 0 fully saturated rings. The first-order valence-electron chi connectivity index (χ1n) is 9.19. The van der Waals surface area contributed by atoms with Gasteiger partial charge in [-0.25, -0.2) is 9.37 Å². The number of fused-ring (bicyclic) bond motifs is 1. The number of aromatic nitrogens is 1. The summed E-state index contributed by atoms with van der Waals surface area (Å²) in [6, 6.07) is 18.6. The Morgan fingerprint density at radius 2 is 1.83 bits per heavy atom. The van der Waals surface area contributed by atoms with Crippen LogP contribution >= 0.6 is 11.3 Å². The van der Waals surface area contributed by atoms with E-state index < -0.39 is 11.7 Å². The minimum absolute atomic E-state index is 0.318. The molecule has 0 saturated heterocycles. The van der Waals surface area contributed by atoms with Crippen LogP contribution in [0.5, 0.6) is 5.75 Å². The Morgan fingerprint density at radius 3 is 2.53 bits per heavy atom. The van der Waals surface area contributed by atoms with Crippen LogP contribution in [0.4, 0.5) is 9.52 Å². The molecule has 7 heteroatoms. The molecular formula is C23H18FN3O2S. The van der Waals surface area contributed by atoms with Crippen LogP contribution in [0.2, 0.25) is 0 Å². The van der Waals surface area contributed by atoms with Gasteiger partial charge in [-0.05, 0) is 78.7 Å². The van der Waals surface area contributed by atoms with Gasteiger partial charge < -0.3 is 4.74 Å². The molecule has 0 spiro atoms. The Hall–Kier alpha value is -3.58. The molecule has 0 atom stereocenters. The van der Waals surface area contributed by atoms with E-state index in [0.717, 1.165) is 27.1 Å². The number of ether oxygens (including phenoxy) is 1. The Morgan fingerprint density at radius 1 is 1.10 bits per heavy atom. The number of methoxy groups -OCH3 is 1. The van der Waals surface area contributed by atoms with E-state index in [-0.39, 0.29) is 0 Å². The summed E-state index contributed by atoms with van der Waals surface area (Å²) >= 11 is 1.37. The lowest BCUT2D eigenvalue weighted by atomic mass is 10.2. The maximum Gasteiger partial charge on any atom is 0.280 e. The molecule has 1 amide bonds. The van der Waals surface area contributed by atoms with Gasteiger partial charge in [0, 0.05) is 5.56 Å². The molecule has 0 bridgehead atoms. The van der Waals surface area contributed by atoms with Crippen LogP contribution in [0.25, 0.3) is 10.2 Å². The smallest absolute Gasteiger partial charge is 0.280 e. The maximum absolute atomic E-state index is 13.3. The number of hydrogen-bond donors (Lipinski definition) is 0. The molecule has 0 saturated carbocycles. The van der Waals surface area contributed by atoms with Crippen molar-refractivity contribution >= 4 is 38.8 Å². The topological polar surface area (TPSA) is 54.8 Å². The number of carbonyl (C=O) groups is 1. The molecular weight excluding hydrogens is 401 g/mol. The zero-order chi connectivity index (χ0) is 21.1. The van der Waals surface area contributed by atoms with Crippen LogP contribution in [-0.4, -0.2) is 24.2 Å². The Labute approximate surface area is 177 Å². The number of carbonyl (C=O) groups excluding carboxylic acids is 1. The molecule has 0 aliphatic heterocycles. The number of hydrogen-bond acceptors (Lipinski definition) is 5. The molecule has 3 aromatic carbocycles. The summed E-state index contributed by atoms with van der Waals surface area (Å²) in [5.74, 6) is -0.0706. The lowest BCUT2D eigenvalue weighted by molar-refractivity contribution is 0.0988. The van der Waals surface area contributed by atoms with Crippen LogP contribution in [0, 0.1) is 12.7 Å². The van der Waals surface area contributed by atoms with Crippen molar-refractivity contribution in [3.05, 3.63) is 89.2 Å². The molecule has 30 heavy (non-hydrogen) atoms. The first-order chi connectivity index (χ1) is 14.5. The highest BCUT2D eigenvalue weighted by molar-refractivity contribution is 7.22. The highest BCUT2D eigenvalue weighted by atomic mass is 32.1. The Balaban J connectivity index is 1.73. The van der Waals surface area contributed by atoms with Crippen molar-refractivity contribution in [2.24, 2.45) is 5.10 Å². The molecule has 5 nitrogen and oxygen atoms in total. The van der Waals surface area contributed by atoms with Gasteiger partial charge >= 0.3 is 0 Å². The van der Waals surface area contributed by atoms with Crippen molar-refractivity contribution in [2.45, 2.75) is 6.92 Å². The second kappa shape index (κ2) is 8.42. The third-order valence-corrected chi connectivity index (χ3v) is 5.43. The fraction of sp³-hybridized carbons (Fsp3) is 0.0870. The van der Waals surface area contributed by atoms with Gasteiger partial charge in [0.2, 0.25) is 5.13 Å². The lowest BCUT2D eigenvalue weighted by Gasteiger charge is -2.13. The number of halogens is 1. The molecule has 0 unspecified atom stereocenters. The lowest BCUT2D eigenvalue weighted by Crippen LogP contribution is -2.25. The fourth-order valence-electron chi connectivity index (χ4n) is 2.83. The van der Waals surface area contributed by atoms with Gasteiger partial charge in [-0.2, -0.15) is 10.1 Å². The summed E-state index contributed by atoms with van der Waals surface area (Å²) in [6.07, 6.45) is 1.58. The number of hydrazone groups is 1. The first kappa shape index (κ1) is 19.7. The van der Waals surface area contributed by atoms with Crippen molar-refractivity contribution in [1.29, 1.82) is 0 Å². The summed E-state index contributed by atoms with van der Waals surface area (Å²) in [6.45, 7) is 2.00. The molecule has 4 rings (SSSR count). The summed E-state index contributed by atoms with van der Waals surface area (Å²) in [5, 5.41) is 6.10. The van der Waals surface area contributed by atoms with Gasteiger partial charge in [-0.1, -0.05) is 17.4 Å². The van der Waals surface area contributed by atoms with Crippen molar-refractivity contribution < 1.29 is 13.9 Å². The number of benzene rings is 3. The summed E-state index contributed by atoms with van der Waals surface area (Å²) in [4.78, 5) is 17.7. The second-order valence-electron chi connectivity index (χ2n) is 6.61. The minimum atomic E-state index is -0.407. The molecule has 1 aromatic heterocycles. The van der Waals surface area contributed by atoms with E-state index in [1.807, 2.05) is 49.4 Å². The normalized spacial score (nSPS) is 11.2. The van der Waals surface area contributed by atoms with Crippen LogP contribution in [0.3, 0.4) is 0 Å². The number of anilines is 1. The summed E-state index contributed by atoms with van der Waals surface area (Å²) < 4.78 is 19.4. The quantitative estimate of drug-likeness (QED) is 0.320. The maximum atomic E-state index is 13.3. The second-order valence-corrected chi connectivity index (χ2v) is 7.62. The number of aryl methyl sites for hydroxylation is 1. The van der Waals surface area contributed by atoms with Gasteiger partial charge in [-0.15, -0.1) is 0 Å². The minimum Gasteiger partial charge on any atom is -0.497 e. The van der Waals surface area contributed by atoms with E-state index >= 15 is 0 Å². The molecule has 4 aromatic rings. The van der Waals surface area contributed by atoms with Crippen LogP contribution in [-0.2, 0) is 0 Å². The Kier molecular flexibility index (Phi) is 5.54. The predicted octanol–water partition coefficient (Wildman–Crippen LogP) is 5.43. The highest BCUT2D eigenvalue weighted by Gasteiger charge is 2.21. The average molecular weight is 419 g/mol. The summed E-state index contributed by atoms with van der Waals surface area (Å²) in [7, 11) is 1.60. The van der Waals surface area contributed by atoms with E-state index in [1.54, 1.807) is 13.3 Å². The van der Waals surface area contributed by atoms with Crippen molar-refractivity contribution in [3.8, 4) is 5.75 Å². The fourth-order valence-corrected chi connectivity index (χ4v) is 3.85. The van der Waals surface area contributed by atoms with E-state index in [2.05, 4.69) is 10.1 Å². The zero-order valence-electron chi connectivity index (χ0n) is 16.4. The van der Waals surface area contributed by atoms with Crippen molar-refractivity contribution in [1.82, 2.24) is 4.98 Å². The number of amides is 1. The molecule has 0 aliphatic rings. The van der Waals surface area contributed by atoms with E-state index in [0.29, 0.717) is 10.7 Å². The number of nitrogens with zero attached hydrogens (tertiary/aromatic N) is 3.